The minimum absolute atomic E-state index is 0.268. The van der Waals surface area contributed by atoms with E-state index in [1.165, 1.54) is 21.3 Å². The first-order valence-electron chi connectivity index (χ1n) is 7.03. The Labute approximate surface area is 154 Å². The molecule has 1 N–H and O–H groups in total. The van der Waals surface area contributed by atoms with Crippen molar-refractivity contribution in [2.45, 2.75) is 6.54 Å². The van der Waals surface area contributed by atoms with E-state index in [4.69, 9.17) is 25.8 Å². The fraction of sp³-hybridized carbons (Fsp3) is 0.235. The Morgan fingerprint density at radius 2 is 1.71 bits per heavy atom. The molecule has 0 aromatic heterocycles. The third-order valence-corrected chi connectivity index (χ3v) is 4.42. The van der Waals surface area contributed by atoms with E-state index in [0.717, 1.165) is 5.56 Å². The smallest absolute Gasteiger partial charge is 0.252 e. The van der Waals surface area contributed by atoms with Crippen LogP contribution in [0.3, 0.4) is 0 Å². The maximum absolute atomic E-state index is 12.5. The average molecular weight is 415 g/mol. The lowest BCUT2D eigenvalue weighted by atomic mass is 10.1. The van der Waals surface area contributed by atoms with Gasteiger partial charge in [0.05, 0.1) is 31.4 Å². The quantitative estimate of drug-likeness (QED) is 0.774. The Kier molecular flexibility index (Phi) is 6.34. The summed E-state index contributed by atoms with van der Waals surface area (Å²) in [5.74, 6) is 0.958. The molecular weight excluding hydrogens is 398 g/mol. The molecule has 0 heterocycles. The molecule has 0 aliphatic rings. The zero-order valence-electron chi connectivity index (χ0n) is 13.5. The van der Waals surface area contributed by atoms with Gasteiger partial charge in [-0.25, -0.2) is 0 Å². The molecule has 1 amide bonds. The second-order valence-electron chi connectivity index (χ2n) is 4.82. The Bertz CT molecular complexity index is 734. The zero-order valence-corrected chi connectivity index (χ0v) is 15.8. The molecule has 0 fully saturated rings. The largest absolute Gasteiger partial charge is 0.493 e. The maximum atomic E-state index is 12.5. The van der Waals surface area contributed by atoms with Crippen LogP contribution in [-0.4, -0.2) is 27.2 Å². The molecule has 24 heavy (non-hydrogen) atoms. The lowest BCUT2D eigenvalue weighted by Crippen LogP contribution is -2.23. The molecule has 2 rings (SSSR count). The van der Waals surface area contributed by atoms with Crippen molar-refractivity contribution in [1.29, 1.82) is 0 Å². The Hall–Kier alpha value is -1.92. The topological polar surface area (TPSA) is 56.8 Å². The molecule has 128 valence electrons. The number of carbonyl (C=O) groups is 1. The molecule has 0 bridgehead atoms. The van der Waals surface area contributed by atoms with E-state index in [9.17, 15) is 4.79 Å². The molecule has 0 atom stereocenters. The van der Waals surface area contributed by atoms with Crippen LogP contribution in [0.15, 0.2) is 34.8 Å². The first-order valence-corrected chi connectivity index (χ1v) is 8.20. The average Bonchev–Trinajstić information content (AvgIpc) is 2.60. The van der Waals surface area contributed by atoms with Crippen LogP contribution < -0.4 is 19.5 Å². The van der Waals surface area contributed by atoms with Gasteiger partial charge in [-0.15, -0.1) is 0 Å². The fourth-order valence-corrected chi connectivity index (χ4v) is 2.93. The minimum Gasteiger partial charge on any atom is -0.493 e. The monoisotopic (exact) mass is 413 g/mol. The van der Waals surface area contributed by atoms with E-state index in [1.54, 1.807) is 18.2 Å². The lowest BCUT2D eigenvalue weighted by Gasteiger charge is -2.16. The van der Waals surface area contributed by atoms with Gasteiger partial charge in [0, 0.05) is 11.6 Å². The third kappa shape index (κ3) is 3.94. The predicted molar refractivity (Wildman–Crippen MR) is 96.4 cm³/mol. The van der Waals surface area contributed by atoms with Crippen molar-refractivity contribution >= 4 is 33.4 Å². The number of halogens is 2. The van der Waals surface area contributed by atoms with Gasteiger partial charge < -0.3 is 19.5 Å². The maximum Gasteiger partial charge on any atom is 0.252 e. The molecule has 0 saturated heterocycles. The van der Waals surface area contributed by atoms with Gasteiger partial charge in [0.2, 0.25) is 5.75 Å². The first-order chi connectivity index (χ1) is 11.5. The highest BCUT2D eigenvalue weighted by atomic mass is 79.9. The number of carbonyl (C=O) groups excluding carboxylic acids is 1. The van der Waals surface area contributed by atoms with E-state index in [1.807, 2.05) is 12.1 Å². The standard InChI is InChI=1S/C17H17BrClNO4/c1-22-13-8-12(14(18)16(24-3)15(13)23-2)17(21)20-9-10-4-6-11(19)7-5-10/h4-8H,9H2,1-3H3,(H,20,21). The number of benzene rings is 2. The van der Waals surface area contributed by atoms with Crippen molar-refractivity contribution in [1.82, 2.24) is 5.32 Å². The number of hydrogen-bond donors (Lipinski definition) is 1. The Balaban J connectivity index is 2.26. The SMILES string of the molecule is COc1cc(C(=O)NCc2ccc(Cl)cc2)c(Br)c(OC)c1OC. The van der Waals surface area contributed by atoms with Gasteiger partial charge in [0.25, 0.3) is 5.91 Å². The van der Waals surface area contributed by atoms with E-state index >= 15 is 0 Å². The summed E-state index contributed by atoms with van der Waals surface area (Å²) in [6.45, 7) is 0.374. The summed E-state index contributed by atoms with van der Waals surface area (Å²) in [5.41, 5.74) is 1.33. The fourth-order valence-electron chi connectivity index (χ4n) is 2.17. The van der Waals surface area contributed by atoms with Crippen molar-refractivity contribution in [2.24, 2.45) is 0 Å². The van der Waals surface area contributed by atoms with Gasteiger partial charge in [-0.05, 0) is 39.7 Å². The van der Waals surface area contributed by atoms with Gasteiger partial charge in [-0.2, -0.15) is 0 Å². The van der Waals surface area contributed by atoms with Gasteiger partial charge in [-0.1, -0.05) is 23.7 Å². The molecule has 0 aliphatic carbocycles. The number of rotatable bonds is 6. The molecule has 5 nitrogen and oxygen atoms in total. The lowest BCUT2D eigenvalue weighted by molar-refractivity contribution is 0.0949. The molecule has 0 unspecified atom stereocenters. The van der Waals surface area contributed by atoms with Crippen molar-refractivity contribution in [3.63, 3.8) is 0 Å². The van der Waals surface area contributed by atoms with Crippen LogP contribution in [0.25, 0.3) is 0 Å². The highest BCUT2D eigenvalue weighted by Gasteiger charge is 2.22. The highest BCUT2D eigenvalue weighted by Crippen LogP contribution is 2.44. The van der Waals surface area contributed by atoms with Crippen LogP contribution in [-0.2, 0) is 6.54 Å². The Morgan fingerprint density at radius 1 is 1.08 bits per heavy atom. The molecule has 0 saturated carbocycles. The number of nitrogens with one attached hydrogen (secondary N) is 1. The van der Waals surface area contributed by atoms with Crippen molar-refractivity contribution in [3.05, 3.63) is 51.0 Å². The number of hydrogen-bond acceptors (Lipinski definition) is 4. The highest BCUT2D eigenvalue weighted by molar-refractivity contribution is 9.10. The van der Waals surface area contributed by atoms with Crippen LogP contribution in [0.1, 0.15) is 15.9 Å². The van der Waals surface area contributed by atoms with Crippen molar-refractivity contribution in [3.8, 4) is 17.2 Å². The van der Waals surface area contributed by atoms with Crippen LogP contribution in [0.2, 0.25) is 5.02 Å². The van der Waals surface area contributed by atoms with Crippen LogP contribution in [0.4, 0.5) is 0 Å². The molecular formula is C17H17BrClNO4. The first kappa shape index (κ1) is 18.4. The van der Waals surface area contributed by atoms with Gasteiger partial charge in [-0.3, -0.25) is 4.79 Å². The van der Waals surface area contributed by atoms with Crippen molar-refractivity contribution in [2.75, 3.05) is 21.3 Å². The summed E-state index contributed by atoms with van der Waals surface area (Å²) < 4.78 is 16.4. The molecule has 0 spiro atoms. The predicted octanol–water partition coefficient (Wildman–Crippen LogP) is 4.06. The molecule has 2 aromatic rings. The molecule has 0 radical (unpaired) electrons. The van der Waals surface area contributed by atoms with E-state index in [2.05, 4.69) is 21.2 Å². The van der Waals surface area contributed by atoms with Crippen LogP contribution in [0, 0.1) is 0 Å². The summed E-state index contributed by atoms with van der Waals surface area (Å²) in [4.78, 5) is 12.5. The molecule has 2 aromatic carbocycles. The summed E-state index contributed by atoms with van der Waals surface area (Å²) in [6.07, 6.45) is 0. The molecule has 7 heteroatoms. The van der Waals surface area contributed by atoms with E-state index in [0.29, 0.717) is 38.9 Å². The van der Waals surface area contributed by atoms with Gasteiger partial charge in [0.1, 0.15) is 0 Å². The van der Waals surface area contributed by atoms with Gasteiger partial charge in [0.15, 0.2) is 11.5 Å². The van der Waals surface area contributed by atoms with E-state index < -0.39 is 0 Å². The number of amides is 1. The van der Waals surface area contributed by atoms with Crippen LogP contribution in [0.5, 0.6) is 17.2 Å². The summed E-state index contributed by atoms with van der Waals surface area (Å²) in [7, 11) is 4.51. The second kappa shape index (κ2) is 8.26. The van der Waals surface area contributed by atoms with E-state index in [-0.39, 0.29) is 5.91 Å². The van der Waals surface area contributed by atoms with Crippen LogP contribution >= 0.6 is 27.5 Å². The summed E-state index contributed by atoms with van der Waals surface area (Å²) >= 11 is 9.25. The number of methoxy groups -OCH3 is 3. The minimum atomic E-state index is -0.268. The zero-order chi connectivity index (χ0) is 17.7. The normalized spacial score (nSPS) is 10.2. The molecule has 0 aliphatic heterocycles. The third-order valence-electron chi connectivity index (χ3n) is 3.38. The summed E-state index contributed by atoms with van der Waals surface area (Å²) in [5, 5.41) is 3.50. The Morgan fingerprint density at radius 3 is 2.25 bits per heavy atom. The number of ether oxygens (including phenoxy) is 3. The summed E-state index contributed by atoms with van der Waals surface area (Å²) in [6, 6.07) is 8.86. The van der Waals surface area contributed by atoms with Crippen molar-refractivity contribution < 1.29 is 19.0 Å². The second-order valence-corrected chi connectivity index (χ2v) is 6.05. The van der Waals surface area contributed by atoms with Gasteiger partial charge >= 0.3 is 0 Å².